The molecule has 1 unspecified atom stereocenters. The van der Waals surface area contributed by atoms with E-state index in [4.69, 9.17) is 0 Å². The van der Waals surface area contributed by atoms with Crippen LogP contribution in [-0.4, -0.2) is 15.5 Å². The van der Waals surface area contributed by atoms with E-state index in [0.717, 1.165) is 16.5 Å². The van der Waals surface area contributed by atoms with Crippen molar-refractivity contribution in [3.05, 3.63) is 88.5 Å². The molecule has 0 aliphatic heterocycles. The van der Waals surface area contributed by atoms with Gasteiger partial charge in [-0.15, -0.1) is 0 Å². The molecule has 4 rings (SSSR count). The number of nitrogens with one attached hydrogen (secondary N) is 1. The second-order valence-corrected chi connectivity index (χ2v) is 7.36. The van der Waals surface area contributed by atoms with Crippen molar-refractivity contribution in [1.82, 2.24) is 14.9 Å². The van der Waals surface area contributed by atoms with Crippen LogP contribution in [0.5, 0.6) is 0 Å². The summed E-state index contributed by atoms with van der Waals surface area (Å²) in [6.45, 7) is 4.20. The zero-order valence-corrected chi connectivity index (χ0v) is 16.6. The van der Waals surface area contributed by atoms with E-state index in [2.05, 4.69) is 34.6 Å². The van der Waals surface area contributed by atoms with E-state index in [9.17, 15) is 9.59 Å². The van der Waals surface area contributed by atoms with Crippen molar-refractivity contribution in [2.75, 3.05) is 0 Å². The van der Waals surface area contributed by atoms with Crippen molar-refractivity contribution in [3.8, 4) is 0 Å². The third-order valence-corrected chi connectivity index (χ3v) is 5.29. The first kappa shape index (κ1) is 18.9. The average Bonchev–Trinajstić information content (AvgIpc) is 2.73. The molecule has 1 heterocycles. The Morgan fingerprint density at radius 2 is 1.86 bits per heavy atom. The molecule has 1 N–H and O–H groups in total. The Kier molecular flexibility index (Phi) is 5.12. The number of amides is 1. The fourth-order valence-corrected chi connectivity index (χ4v) is 3.59. The lowest BCUT2D eigenvalue weighted by Crippen LogP contribution is -2.29. The van der Waals surface area contributed by atoms with Crippen molar-refractivity contribution < 1.29 is 4.79 Å². The number of carbonyl (C=O) groups is 1. The summed E-state index contributed by atoms with van der Waals surface area (Å²) in [6, 6.07) is 19.8. The number of aromatic nitrogens is 2. The minimum absolute atomic E-state index is 0.0955. The van der Waals surface area contributed by atoms with Gasteiger partial charge in [0.1, 0.15) is 0 Å². The zero-order chi connectivity index (χ0) is 20.4. The number of nitrogens with zero attached hydrogens (tertiary/aromatic N) is 2. The minimum atomic E-state index is -0.117. The smallest absolute Gasteiger partial charge is 0.261 e. The predicted octanol–water partition coefficient (Wildman–Crippen LogP) is 4.13. The highest BCUT2D eigenvalue weighted by atomic mass is 16.2. The molecule has 0 bridgehead atoms. The van der Waals surface area contributed by atoms with Crippen LogP contribution in [0, 0.1) is 6.92 Å². The summed E-state index contributed by atoms with van der Waals surface area (Å²) in [5.41, 5.74) is 2.61. The number of para-hydroxylation sites is 1. The van der Waals surface area contributed by atoms with Gasteiger partial charge in [0.05, 0.1) is 23.3 Å². The van der Waals surface area contributed by atoms with Crippen LogP contribution >= 0.6 is 0 Å². The molecule has 146 valence electrons. The molecule has 3 aromatic carbocycles. The van der Waals surface area contributed by atoms with E-state index in [0.29, 0.717) is 17.4 Å². The lowest BCUT2D eigenvalue weighted by molar-refractivity contribution is -0.121. The molecule has 1 atom stereocenters. The first-order valence-electron chi connectivity index (χ1n) is 9.76. The van der Waals surface area contributed by atoms with Crippen LogP contribution < -0.4 is 10.9 Å². The molecule has 0 spiro atoms. The third kappa shape index (κ3) is 3.90. The van der Waals surface area contributed by atoms with Gasteiger partial charge in [-0.1, -0.05) is 48.5 Å². The number of carbonyl (C=O) groups excluding carboxylic acids is 1. The molecule has 0 saturated carbocycles. The van der Waals surface area contributed by atoms with Gasteiger partial charge in [-0.2, -0.15) is 0 Å². The maximum atomic E-state index is 12.7. The molecule has 1 aromatic heterocycles. The number of benzene rings is 3. The standard InChI is InChI=1S/C24H23N3O2/c1-16-6-5-9-21-23(16)25-15-27(24(21)29)13-12-22(28)26-17(2)19-11-10-18-7-3-4-8-20(18)14-19/h3-11,14-15,17H,12-13H2,1-2H3,(H,26,28). The molecule has 1 amide bonds. The van der Waals surface area contributed by atoms with E-state index in [1.54, 1.807) is 6.07 Å². The van der Waals surface area contributed by atoms with Gasteiger partial charge in [0.2, 0.25) is 5.91 Å². The highest BCUT2D eigenvalue weighted by Crippen LogP contribution is 2.20. The third-order valence-electron chi connectivity index (χ3n) is 5.29. The molecule has 0 radical (unpaired) electrons. The number of fused-ring (bicyclic) bond motifs is 2. The van der Waals surface area contributed by atoms with Crippen LogP contribution in [-0.2, 0) is 11.3 Å². The predicted molar refractivity (Wildman–Crippen MR) is 116 cm³/mol. The summed E-state index contributed by atoms with van der Waals surface area (Å²) in [7, 11) is 0. The van der Waals surface area contributed by atoms with Gasteiger partial charge in [0.25, 0.3) is 5.56 Å². The molecular weight excluding hydrogens is 362 g/mol. The largest absolute Gasteiger partial charge is 0.350 e. The molecule has 5 nitrogen and oxygen atoms in total. The van der Waals surface area contributed by atoms with Crippen molar-refractivity contribution in [1.29, 1.82) is 0 Å². The molecule has 29 heavy (non-hydrogen) atoms. The molecule has 4 aromatic rings. The van der Waals surface area contributed by atoms with E-state index < -0.39 is 0 Å². The zero-order valence-electron chi connectivity index (χ0n) is 16.6. The summed E-state index contributed by atoms with van der Waals surface area (Å²) in [5.74, 6) is -0.0955. The highest BCUT2D eigenvalue weighted by Gasteiger charge is 2.12. The van der Waals surface area contributed by atoms with Crippen molar-refractivity contribution in [3.63, 3.8) is 0 Å². The van der Waals surface area contributed by atoms with Gasteiger partial charge in [0, 0.05) is 13.0 Å². The quantitative estimate of drug-likeness (QED) is 0.562. The highest BCUT2D eigenvalue weighted by molar-refractivity contribution is 5.83. The van der Waals surface area contributed by atoms with Gasteiger partial charge < -0.3 is 5.32 Å². The molecular formula is C24H23N3O2. The Labute approximate surface area is 169 Å². The van der Waals surface area contributed by atoms with Crippen molar-refractivity contribution >= 4 is 27.6 Å². The summed E-state index contributed by atoms with van der Waals surface area (Å²) in [4.78, 5) is 29.5. The Morgan fingerprint density at radius 1 is 1.07 bits per heavy atom. The Bertz CT molecular complexity index is 1260. The van der Waals surface area contributed by atoms with Crippen molar-refractivity contribution in [2.45, 2.75) is 32.9 Å². The molecule has 0 aliphatic carbocycles. The number of aryl methyl sites for hydroxylation is 2. The number of hydrogen-bond donors (Lipinski definition) is 1. The second kappa shape index (κ2) is 7.87. The first-order valence-corrected chi connectivity index (χ1v) is 9.76. The van der Waals surface area contributed by atoms with Gasteiger partial charge >= 0.3 is 0 Å². The molecule has 5 heteroatoms. The first-order chi connectivity index (χ1) is 14.0. The van der Waals surface area contributed by atoms with Crippen LogP contribution in [0.4, 0.5) is 0 Å². The van der Waals surface area contributed by atoms with E-state index in [1.807, 2.05) is 44.2 Å². The van der Waals surface area contributed by atoms with Crippen LogP contribution in [0.2, 0.25) is 0 Å². The topological polar surface area (TPSA) is 64.0 Å². The average molecular weight is 385 g/mol. The second-order valence-electron chi connectivity index (χ2n) is 7.36. The van der Waals surface area contributed by atoms with Crippen molar-refractivity contribution in [2.24, 2.45) is 0 Å². The van der Waals surface area contributed by atoms with Gasteiger partial charge in [0.15, 0.2) is 0 Å². The fraction of sp³-hybridized carbons (Fsp3) is 0.208. The Balaban J connectivity index is 1.44. The lowest BCUT2D eigenvalue weighted by Gasteiger charge is -2.15. The van der Waals surface area contributed by atoms with E-state index in [-0.39, 0.29) is 23.9 Å². The number of rotatable bonds is 5. The van der Waals surface area contributed by atoms with Crippen LogP contribution in [0.25, 0.3) is 21.7 Å². The van der Waals surface area contributed by atoms with Gasteiger partial charge in [-0.25, -0.2) is 4.98 Å². The molecule has 0 aliphatic rings. The monoisotopic (exact) mass is 385 g/mol. The van der Waals surface area contributed by atoms with E-state index >= 15 is 0 Å². The van der Waals surface area contributed by atoms with Crippen LogP contribution in [0.1, 0.15) is 30.5 Å². The van der Waals surface area contributed by atoms with Crippen LogP contribution in [0.3, 0.4) is 0 Å². The normalized spacial score (nSPS) is 12.2. The maximum Gasteiger partial charge on any atom is 0.261 e. The van der Waals surface area contributed by atoms with Crippen LogP contribution in [0.15, 0.2) is 71.8 Å². The fourth-order valence-electron chi connectivity index (χ4n) is 3.59. The van der Waals surface area contributed by atoms with Gasteiger partial charge in [-0.05, 0) is 47.9 Å². The van der Waals surface area contributed by atoms with E-state index in [1.165, 1.54) is 16.3 Å². The summed E-state index contributed by atoms with van der Waals surface area (Å²) < 4.78 is 1.50. The van der Waals surface area contributed by atoms with Gasteiger partial charge in [-0.3, -0.25) is 14.2 Å². The maximum absolute atomic E-state index is 12.7. The summed E-state index contributed by atoms with van der Waals surface area (Å²) >= 11 is 0. The Morgan fingerprint density at radius 3 is 2.69 bits per heavy atom. The number of hydrogen-bond acceptors (Lipinski definition) is 3. The minimum Gasteiger partial charge on any atom is -0.350 e. The Hall–Kier alpha value is -3.47. The lowest BCUT2D eigenvalue weighted by atomic mass is 10.0. The molecule has 0 saturated heterocycles. The summed E-state index contributed by atoms with van der Waals surface area (Å²) in [5, 5.41) is 5.93. The summed E-state index contributed by atoms with van der Waals surface area (Å²) in [6.07, 6.45) is 1.74. The molecule has 0 fully saturated rings. The SMILES string of the molecule is Cc1cccc2c(=O)n(CCC(=O)NC(C)c3ccc4ccccc4c3)cnc12.